The van der Waals surface area contributed by atoms with Crippen molar-refractivity contribution < 1.29 is 31.2 Å². The van der Waals surface area contributed by atoms with Crippen molar-refractivity contribution in [1.82, 2.24) is 9.80 Å². The van der Waals surface area contributed by atoms with E-state index in [4.69, 9.17) is 5.26 Å². The number of carbonyl (C=O) groups excluding carboxylic acids is 2. The van der Waals surface area contributed by atoms with Gasteiger partial charge in [0, 0.05) is 25.5 Å². The number of amides is 3. The monoisotopic (exact) mass is 612 g/mol. The van der Waals surface area contributed by atoms with Crippen molar-refractivity contribution in [3.8, 4) is 6.07 Å². The molecule has 1 fully saturated rings. The van der Waals surface area contributed by atoms with E-state index >= 15 is 0 Å². The molecule has 0 atom stereocenters. The van der Waals surface area contributed by atoms with Crippen LogP contribution in [0.2, 0.25) is 0 Å². The zero-order chi connectivity index (χ0) is 31.7. The number of anilines is 3. The van der Waals surface area contributed by atoms with Gasteiger partial charge >= 0.3 is 12.2 Å². The highest BCUT2D eigenvalue weighted by atomic mass is 32.2. The third-order valence-corrected chi connectivity index (χ3v) is 7.94. The Labute approximate surface area is 246 Å². The van der Waals surface area contributed by atoms with E-state index in [2.05, 4.69) is 9.71 Å². The van der Waals surface area contributed by atoms with Crippen LogP contribution in [-0.4, -0.2) is 56.1 Å². The highest BCUT2D eigenvalue weighted by molar-refractivity contribution is 7.90. The fourth-order valence-corrected chi connectivity index (χ4v) is 5.28. The van der Waals surface area contributed by atoms with E-state index in [0.717, 1.165) is 12.1 Å². The summed E-state index contributed by atoms with van der Waals surface area (Å²) in [4.78, 5) is 30.3. The number of rotatable bonds is 8. The molecular weight excluding hydrogens is 585 g/mol. The number of carbonyl (C=O) groups is 2. The minimum atomic E-state index is -4.87. The third-order valence-electron chi connectivity index (χ3n) is 6.70. The van der Waals surface area contributed by atoms with Crippen LogP contribution >= 0.6 is 0 Å². The fourth-order valence-electron chi connectivity index (χ4n) is 4.37. The number of hydrogen-bond donors (Lipinski definition) is 1. The van der Waals surface area contributed by atoms with Crippen LogP contribution in [0, 0.1) is 11.3 Å². The Morgan fingerprint density at radius 1 is 1.05 bits per heavy atom. The molecule has 1 saturated heterocycles. The molecule has 1 aliphatic rings. The number of nitriles is 1. The molecule has 3 amide bonds. The normalized spacial score (nSPS) is 15.2. The average Bonchev–Trinajstić information content (AvgIpc) is 3.11. The lowest BCUT2D eigenvalue weighted by Crippen LogP contribution is -2.43. The minimum Gasteiger partial charge on any atom is -0.368 e. The quantitative estimate of drug-likeness (QED) is 0.207. The summed E-state index contributed by atoms with van der Waals surface area (Å²) in [5.74, 6) is -0.727. The van der Waals surface area contributed by atoms with Gasteiger partial charge in [-0.2, -0.15) is 26.9 Å². The first-order valence-electron chi connectivity index (χ1n) is 12.8. The first-order chi connectivity index (χ1) is 20.1. The Morgan fingerprint density at radius 3 is 2.30 bits per heavy atom. The van der Waals surface area contributed by atoms with E-state index in [1.54, 1.807) is 50.5 Å². The second-order valence-electron chi connectivity index (χ2n) is 10.4. The summed E-state index contributed by atoms with van der Waals surface area (Å²) in [6.45, 7) is 2.91. The van der Waals surface area contributed by atoms with Gasteiger partial charge in [-0.3, -0.25) is 4.79 Å². The summed E-state index contributed by atoms with van der Waals surface area (Å²) in [7, 11) is -0.609. The van der Waals surface area contributed by atoms with Crippen molar-refractivity contribution in [2.24, 2.45) is 4.40 Å². The fraction of sp³-hybridized carbons (Fsp3) is 0.241. The van der Waals surface area contributed by atoms with Crippen LogP contribution in [0.25, 0.3) is 0 Å². The van der Waals surface area contributed by atoms with Crippen molar-refractivity contribution >= 4 is 45.4 Å². The maximum atomic E-state index is 13.6. The number of imide groups is 1. The van der Waals surface area contributed by atoms with Gasteiger partial charge in [0.1, 0.15) is 11.9 Å². The van der Waals surface area contributed by atoms with E-state index in [1.807, 2.05) is 0 Å². The molecule has 10 nitrogen and oxygen atoms in total. The Bertz CT molecular complexity index is 1750. The second-order valence-corrected chi connectivity index (χ2v) is 12.0. The average molecular weight is 613 g/mol. The molecule has 1 aliphatic heterocycles. The highest BCUT2D eigenvalue weighted by Gasteiger charge is 2.52. The lowest BCUT2D eigenvalue weighted by atomic mass is 10.0. The number of halogens is 3. The molecule has 43 heavy (non-hydrogen) atoms. The van der Waals surface area contributed by atoms with Crippen molar-refractivity contribution in [2.45, 2.75) is 37.0 Å². The van der Waals surface area contributed by atoms with Gasteiger partial charge in [0.15, 0.2) is 0 Å². The smallest absolute Gasteiger partial charge is 0.368 e. The Hall–Kier alpha value is -4.90. The van der Waals surface area contributed by atoms with Crippen LogP contribution in [0.1, 0.15) is 30.5 Å². The number of benzene rings is 3. The first-order valence-corrected chi connectivity index (χ1v) is 14.2. The van der Waals surface area contributed by atoms with Crippen LogP contribution in [0.15, 0.2) is 76.0 Å². The van der Waals surface area contributed by atoms with Crippen molar-refractivity contribution in [2.75, 3.05) is 24.3 Å². The lowest BCUT2D eigenvalue weighted by molar-refractivity contribution is -0.137. The topological polar surface area (TPSA) is 126 Å². The van der Waals surface area contributed by atoms with Crippen LogP contribution in [0.5, 0.6) is 0 Å². The van der Waals surface area contributed by atoms with E-state index in [-0.39, 0.29) is 17.1 Å². The zero-order valence-electron chi connectivity index (χ0n) is 23.5. The number of alkyl halides is 3. The van der Waals surface area contributed by atoms with Gasteiger partial charge in [-0.25, -0.2) is 9.69 Å². The molecule has 0 spiro atoms. The van der Waals surface area contributed by atoms with Gasteiger partial charge in [-0.1, -0.05) is 18.2 Å². The maximum absolute atomic E-state index is 13.6. The van der Waals surface area contributed by atoms with Gasteiger partial charge in [0.25, 0.3) is 15.9 Å². The summed E-state index contributed by atoms with van der Waals surface area (Å²) in [6.07, 6.45) is -3.68. The molecule has 0 saturated carbocycles. The molecule has 0 aromatic heterocycles. The zero-order valence-corrected chi connectivity index (χ0v) is 24.4. The summed E-state index contributed by atoms with van der Waals surface area (Å²) in [5.41, 5.74) is -1.92. The molecule has 1 heterocycles. The molecule has 1 N–H and O–H groups in total. The number of nitrogens with one attached hydrogen (secondary N) is 1. The minimum absolute atomic E-state index is 0.0102. The van der Waals surface area contributed by atoms with Crippen molar-refractivity contribution in [1.29, 1.82) is 5.26 Å². The SMILES string of the molecule is CN(C)/C=N/S(=O)(=O)c1ccc(Nc2ccccc2CN2C(=O)N(c3ccc(C#N)c(C(F)(F)F)c3)C(=O)C2(C)C)cc1. The van der Waals surface area contributed by atoms with E-state index in [9.17, 15) is 31.2 Å². The van der Waals surface area contributed by atoms with E-state index < -0.39 is 44.8 Å². The number of nitrogens with zero attached hydrogens (tertiary/aromatic N) is 5. The Kier molecular flexibility index (Phi) is 8.24. The van der Waals surface area contributed by atoms with Crippen LogP contribution < -0.4 is 10.2 Å². The Morgan fingerprint density at radius 2 is 1.70 bits per heavy atom. The van der Waals surface area contributed by atoms with Crippen molar-refractivity contribution in [3.05, 3.63) is 83.4 Å². The summed E-state index contributed by atoms with van der Waals surface area (Å²) < 4.78 is 69.2. The van der Waals surface area contributed by atoms with E-state index in [1.165, 1.54) is 48.2 Å². The second kappa shape index (κ2) is 11.4. The van der Waals surface area contributed by atoms with Crippen LogP contribution in [0.4, 0.5) is 35.0 Å². The van der Waals surface area contributed by atoms with Gasteiger partial charge < -0.3 is 15.1 Å². The van der Waals surface area contributed by atoms with Gasteiger partial charge in [0.2, 0.25) is 0 Å². The molecule has 224 valence electrons. The Balaban J connectivity index is 1.61. The number of urea groups is 1. The molecule has 0 bridgehead atoms. The predicted octanol–water partition coefficient (Wildman–Crippen LogP) is 5.35. The molecule has 0 aliphatic carbocycles. The predicted molar refractivity (Wildman–Crippen MR) is 154 cm³/mol. The lowest BCUT2D eigenvalue weighted by Gasteiger charge is -2.28. The van der Waals surface area contributed by atoms with Gasteiger partial charge in [-0.05, 0) is 67.9 Å². The molecule has 3 aromatic rings. The number of hydrogen-bond acceptors (Lipinski definition) is 6. The molecule has 4 rings (SSSR count). The molecule has 3 aromatic carbocycles. The first kappa shape index (κ1) is 31.0. The highest BCUT2D eigenvalue weighted by Crippen LogP contribution is 2.38. The summed E-state index contributed by atoms with van der Waals surface area (Å²) in [5, 5.41) is 12.3. The van der Waals surface area contributed by atoms with Crippen LogP contribution in [-0.2, 0) is 27.5 Å². The summed E-state index contributed by atoms with van der Waals surface area (Å²) >= 11 is 0. The molecular formula is C29H27F3N6O4S. The number of sulfonamides is 1. The van der Waals surface area contributed by atoms with Crippen LogP contribution in [0.3, 0.4) is 0 Å². The van der Waals surface area contributed by atoms with Gasteiger partial charge in [-0.15, -0.1) is 4.40 Å². The maximum Gasteiger partial charge on any atom is 0.417 e. The molecule has 14 heteroatoms. The largest absolute Gasteiger partial charge is 0.417 e. The summed E-state index contributed by atoms with van der Waals surface area (Å²) in [6, 6.07) is 16.1. The van der Waals surface area contributed by atoms with E-state index in [0.29, 0.717) is 27.9 Å². The third kappa shape index (κ3) is 6.31. The molecule has 0 unspecified atom stereocenters. The van der Waals surface area contributed by atoms with Gasteiger partial charge in [0.05, 0.1) is 34.3 Å². The standard InChI is InChI=1S/C29H27F3N6O4S/c1-28(2)26(39)38(22-12-9-19(16-33)24(15-22)29(30,31)32)27(40)37(28)17-20-7-5-6-8-25(20)35-21-10-13-23(14-11-21)43(41,42)34-18-36(3)4/h5-15,18,35H,17H2,1-4H3/b34-18+. The van der Waals surface area contributed by atoms with Crippen molar-refractivity contribution in [3.63, 3.8) is 0 Å². The number of para-hydroxylation sites is 1. The molecule has 0 radical (unpaired) electrons.